The van der Waals surface area contributed by atoms with Crippen LogP contribution < -0.4 is 11.1 Å². The lowest BCUT2D eigenvalue weighted by molar-refractivity contribution is 0.103. The van der Waals surface area contributed by atoms with Gasteiger partial charge in [-0.15, -0.1) is 0 Å². The second-order valence-corrected chi connectivity index (χ2v) is 5.74. The first-order chi connectivity index (χ1) is 11.2. The van der Waals surface area contributed by atoms with Gasteiger partial charge in [0.25, 0.3) is 5.91 Å². The molecule has 1 heterocycles. The van der Waals surface area contributed by atoms with Crippen molar-refractivity contribution < 1.29 is 4.79 Å². The largest absolute Gasteiger partial charge is 0.375 e. The highest BCUT2D eigenvalue weighted by atomic mass is 32.1. The number of thiazole rings is 1. The number of carbonyl (C=O) groups is 1. The quantitative estimate of drug-likeness (QED) is 0.772. The predicted octanol–water partition coefficient (Wildman–Crippen LogP) is 3.52. The fraction of sp³-hybridized carbons (Fsp3) is 0. The number of benzene rings is 2. The number of nitrogens with one attached hydrogen (secondary N) is 1. The van der Waals surface area contributed by atoms with Gasteiger partial charge in [0.05, 0.1) is 16.9 Å². The van der Waals surface area contributed by atoms with Crippen LogP contribution >= 0.6 is 11.3 Å². The van der Waals surface area contributed by atoms with Gasteiger partial charge >= 0.3 is 0 Å². The second kappa shape index (κ2) is 6.30. The van der Waals surface area contributed by atoms with Crippen LogP contribution in [0.2, 0.25) is 0 Å². The minimum Gasteiger partial charge on any atom is -0.375 e. The van der Waals surface area contributed by atoms with Gasteiger partial charge in [-0.2, -0.15) is 5.26 Å². The number of hydrogen-bond donors (Lipinski definition) is 2. The molecule has 3 N–H and O–H groups in total. The minimum absolute atomic E-state index is 0.322. The van der Waals surface area contributed by atoms with Crippen LogP contribution in [0.4, 0.5) is 10.8 Å². The molecule has 0 spiro atoms. The highest BCUT2D eigenvalue weighted by Gasteiger charge is 2.19. The summed E-state index contributed by atoms with van der Waals surface area (Å²) in [5.74, 6) is -0.333. The summed E-state index contributed by atoms with van der Waals surface area (Å²) in [4.78, 5) is 17.3. The van der Waals surface area contributed by atoms with Crippen LogP contribution in [-0.2, 0) is 0 Å². The Labute approximate surface area is 137 Å². The Morgan fingerprint density at radius 3 is 2.57 bits per heavy atom. The summed E-state index contributed by atoms with van der Waals surface area (Å²) in [7, 11) is 0. The predicted molar refractivity (Wildman–Crippen MR) is 91.1 cm³/mol. The van der Waals surface area contributed by atoms with E-state index in [0.29, 0.717) is 27.0 Å². The Balaban J connectivity index is 1.96. The fourth-order valence-electron chi connectivity index (χ4n) is 2.15. The van der Waals surface area contributed by atoms with Crippen LogP contribution in [0.1, 0.15) is 15.2 Å². The number of hydrogen-bond acceptors (Lipinski definition) is 5. The highest BCUT2D eigenvalue weighted by Crippen LogP contribution is 2.30. The van der Waals surface area contributed by atoms with E-state index in [1.807, 2.05) is 30.3 Å². The van der Waals surface area contributed by atoms with Crippen molar-refractivity contribution in [2.75, 3.05) is 11.1 Å². The van der Waals surface area contributed by atoms with Crippen molar-refractivity contribution in [2.45, 2.75) is 0 Å². The molecule has 1 aromatic heterocycles. The molecule has 3 aromatic rings. The van der Waals surface area contributed by atoms with Gasteiger partial charge < -0.3 is 11.1 Å². The summed E-state index contributed by atoms with van der Waals surface area (Å²) < 4.78 is 0. The number of amides is 1. The molecule has 112 valence electrons. The third-order valence-corrected chi connectivity index (χ3v) is 4.08. The average molecular weight is 320 g/mol. The van der Waals surface area contributed by atoms with Gasteiger partial charge in [-0.25, -0.2) is 4.98 Å². The standard InChI is InChI=1S/C17H12N4OS/c18-10-12-8-4-5-9-13(12)20-16(22)15-14(21-17(19)23-15)11-6-2-1-3-7-11/h1-9H,(H2,19,21)(H,20,22). The third-order valence-electron chi connectivity index (χ3n) is 3.19. The lowest BCUT2D eigenvalue weighted by Crippen LogP contribution is -2.12. The first-order valence-corrected chi connectivity index (χ1v) is 7.63. The molecular formula is C17H12N4OS. The average Bonchev–Trinajstić information content (AvgIpc) is 2.98. The maximum atomic E-state index is 12.6. The van der Waals surface area contributed by atoms with E-state index in [1.54, 1.807) is 24.3 Å². The van der Waals surface area contributed by atoms with Crippen LogP contribution in [0, 0.1) is 11.3 Å². The van der Waals surface area contributed by atoms with Crippen LogP contribution in [-0.4, -0.2) is 10.9 Å². The molecule has 0 bridgehead atoms. The summed E-state index contributed by atoms with van der Waals surface area (Å²) >= 11 is 1.12. The zero-order valence-electron chi connectivity index (χ0n) is 12.0. The maximum Gasteiger partial charge on any atom is 0.268 e. The van der Waals surface area contributed by atoms with Crippen molar-refractivity contribution in [1.29, 1.82) is 5.26 Å². The molecule has 0 fully saturated rings. The molecule has 0 aliphatic heterocycles. The molecule has 0 saturated heterocycles. The SMILES string of the molecule is N#Cc1ccccc1NC(=O)c1sc(N)nc1-c1ccccc1. The van der Waals surface area contributed by atoms with Crippen molar-refractivity contribution in [3.63, 3.8) is 0 Å². The molecule has 6 heteroatoms. The molecule has 0 unspecified atom stereocenters. The normalized spacial score (nSPS) is 10.0. The van der Waals surface area contributed by atoms with E-state index in [9.17, 15) is 4.79 Å². The van der Waals surface area contributed by atoms with E-state index in [1.165, 1.54) is 0 Å². The summed E-state index contributed by atoms with van der Waals surface area (Å²) in [6, 6.07) is 18.3. The van der Waals surface area contributed by atoms with E-state index in [-0.39, 0.29) is 5.91 Å². The number of nitrogen functional groups attached to an aromatic ring is 1. The molecule has 0 aliphatic carbocycles. The van der Waals surface area contributed by atoms with Crippen molar-refractivity contribution in [1.82, 2.24) is 4.98 Å². The Kier molecular flexibility index (Phi) is 4.04. The Hall–Kier alpha value is -3.17. The van der Waals surface area contributed by atoms with Gasteiger partial charge in [-0.05, 0) is 12.1 Å². The van der Waals surface area contributed by atoms with E-state index >= 15 is 0 Å². The van der Waals surface area contributed by atoms with Crippen LogP contribution in [0.25, 0.3) is 11.3 Å². The van der Waals surface area contributed by atoms with Gasteiger partial charge in [0, 0.05) is 5.56 Å². The number of anilines is 2. The molecule has 1 amide bonds. The number of nitriles is 1. The van der Waals surface area contributed by atoms with Gasteiger partial charge in [0.1, 0.15) is 10.9 Å². The van der Waals surface area contributed by atoms with Crippen LogP contribution in [0.5, 0.6) is 0 Å². The molecule has 0 atom stereocenters. The van der Waals surface area contributed by atoms with Crippen molar-refractivity contribution in [3.8, 4) is 17.3 Å². The van der Waals surface area contributed by atoms with Gasteiger partial charge in [-0.1, -0.05) is 53.8 Å². The number of nitrogens with zero attached hydrogens (tertiary/aromatic N) is 2. The summed E-state index contributed by atoms with van der Waals surface area (Å²) in [6.45, 7) is 0. The lowest BCUT2D eigenvalue weighted by atomic mass is 10.1. The first kappa shape index (κ1) is 14.8. The third kappa shape index (κ3) is 3.05. The zero-order valence-corrected chi connectivity index (χ0v) is 12.8. The Morgan fingerprint density at radius 1 is 1.13 bits per heavy atom. The highest BCUT2D eigenvalue weighted by molar-refractivity contribution is 7.17. The molecule has 3 rings (SSSR count). The molecule has 0 aliphatic rings. The molecule has 2 aromatic carbocycles. The first-order valence-electron chi connectivity index (χ1n) is 6.81. The van der Waals surface area contributed by atoms with E-state index in [2.05, 4.69) is 16.4 Å². The minimum atomic E-state index is -0.333. The van der Waals surface area contributed by atoms with Gasteiger partial charge in [0.2, 0.25) is 0 Å². The number of rotatable bonds is 3. The fourth-order valence-corrected chi connectivity index (χ4v) is 2.90. The number of carbonyl (C=O) groups excluding carboxylic acids is 1. The molecule has 0 saturated carbocycles. The van der Waals surface area contributed by atoms with Gasteiger partial charge in [0.15, 0.2) is 5.13 Å². The van der Waals surface area contributed by atoms with Crippen molar-refractivity contribution in [2.24, 2.45) is 0 Å². The van der Waals surface area contributed by atoms with Crippen molar-refractivity contribution >= 4 is 28.1 Å². The van der Waals surface area contributed by atoms with Crippen LogP contribution in [0.15, 0.2) is 54.6 Å². The topological polar surface area (TPSA) is 91.8 Å². The monoisotopic (exact) mass is 320 g/mol. The Morgan fingerprint density at radius 2 is 1.83 bits per heavy atom. The Bertz CT molecular complexity index is 896. The summed E-state index contributed by atoms with van der Waals surface area (Å²) in [5.41, 5.74) is 8.01. The van der Waals surface area contributed by atoms with Gasteiger partial charge in [-0.3, -0.25) is 4.79 Å². The molecular weight excluding hydrogens is 308 g/mol. The second-order valence-electron chi connectivity index (χ2n) is 4.71. The van der Waals surface area contributed by atoms with E-state index in [0.717, 1.165) is 16.9 Å². The number of nitrogens with two attached hydrogens (primary N) is 1. The lowest BCUT2D eigenvalue weighted by Gasteiger charge is -2.06. The van der Waals surface area contributed by atoms with E-state index in [4.69, 9.17) is 11.0 Å². The molecule has 23 heavy (non-hydrogen) atoms. The van der Waals surface area contributed by atoms with Crippen molar-refractivity contribution in [3.05, 3.63) is 65.0 Å². The maximum absolute atomic E-state index is 12.6. The molecule has 5 nitrogen and oxygen atoms in total. The number of para-hydroxylation sites is 1. The van der Waals surface area contributed by atoms with Crippen LogP contribution in [0.3, 0.4) is 0 Å². The smallest absolute Gasteiger partial charge is 0.268 e. The zero-order chi connectivity index (χ0) is 16.2. The summed E-state index contributed by atoms with van der Waals surface area (Å²) in [6.07, 6.45) is 0. The summed E-state index contributed by atoms with van der Waals surface area (Å²) in [5, 5.41) is 12.2. The van der Waals surface area contributed by atoms with E-state index < -0.39 is 0 Å². The molecule has 0 radical (unpaired) electrons. The number of aromatic nitrogens is 1.